The number of nitrogens with one attached hydrogen (secondary N) is 1. The van der Waals surface area contributed by atoms with Gasteiger partial charge < -0.3 is 15.3 Å². The SMILES string of the molecule is CNC(=O)CCN(C)c1ccc([C@@H](C)O)cc1[N+](=O)[O-]. The molecule has 0 spiro atoms. The highest BCUT2D eigenvalue weighted by Gasteiger charge is 2.19. The molecular formula is C13H19N3O4. The van der Waals surface area contributed by atoms with Crippen LogP contribution < -0.4 is 10.2 Å². The first-order chi connectivity index (χ1) is 9.36. The number of aliphatic hydroxyl groups excluding tert-OH is 1. The molecule has 20 heavy (non-hydrogen) atoms. The zero-order valence-corrected chi connectivity index (χ0v) is 11.8. The summed E-state index contributed by atoms with van der Waals surface area (Å²) in [6.07, 6.45) is -0.513. The quantitative estimate of drug-likeness (QED) is 0.603. The van der Waals surface area contributed by atoms with E-state index in [1.54, 1.807) is 38.1 Å². The maximum absolute atomic E-state index is 11.2. The summed E-state index contributed by atoms with van der Waals surface area (Å²) in [4.78, 5) is 23.5. The Hall–Kier alpha value is -2.15. The normalized spacial score (nSPS) is 11.8. The van der Waals surface area contributed by atoms with E-state index < -0.39 is 11.0 Å². The monoisotopic (exact) mass is 281 g/mol. The van der Waals surface area contributed by atoms with Crippen molar-refractivity contribution in [2.45, 2.75) is 19.4 Å². The van der Waals surface area contributed by atoms with Gasteiger partial charge in [-0.2, -0.15) is 0 Å². The van der Waals surface area contributed by atoms with Crippen molar-refractivity contribution in [3.63, 3.8) is 0 Å². The van der Waals surface area contributed by atoms with Gasteiger partial charge in [0.25, 0.3) is 5.69 Å². The molecule has 0 fully saturated rings. The number of benzene rings is 1. The summed E-state index contributed by atoms with van der Waals surface area (Å²) in [6, 6.07) is 4.59. The summed E-state index contributed by atoms with van der Waals surface area (Å²) in [5.41, 5.74) is 0.825. The number of nitrogens with zero attached hydrogens (tertiary/aromatic N) is 2. The summed E-state index contributed by atoms with van der Waals surface area (Å²) in [5.74, 6) is -0.125. The van der Waals surface area contributed by atoms with Crippen LogP contribution in [-0.2, 0) is 4.79 Å². The molecule has 7 heteroatoms. The van der Waals surface area contributed by atoms with E-state index >= 15 is 0 Å². The predicted molar refractivity (Wildman–Crippen MR) is 75.7 cm³/mol. The van der Waals surface area contributed by atoms with Crippen molar-refractivity contribution < 1.29 is 14.8 Å². The Bertz CT molecular complexity index is 502. The first kappa shape index (κ1) is 15.9. The van der Waals surface area contributed by atoms with Crippen molar-refractivity contribution in [3.8, 4) is 0 Å². The Balaban J connectivity index is 2.98. The molecule has 0 saturated carbocycles. The van der Waals surface area contributed by atoms with Crippen LogP contribution in [0.5, 0.6) is 0 Å². The maximum Gasteiger partial charge on any atom is 0.292 e. The van der Waals surface area contributed by atoms with E-state index in [9.17, 15) is 20.0 Å². The fourth-order valence-corrected chi connectivity index (χ4v) is 1.78. The molecule has 0 aliphatic heterocycles. The number of carbonyl (C=O) groups excluding carboxylic acids is 1. The summed E-state index contributed by atoms with van der Waals surface area (Å²) < 4.78 is 0. The van der Waals surface area contributed by atoms with Gasteiger partial charge in [-0.3, -0.25) is 14.9 Å². The zero-order valence-electron chi connectivity index (χ0n) is 11.8. The average Bonchev–Trinajstić information content (AvgIpc) is 2.43. The second kappa shape index (κ2) is 6.85. The van der Waals surface area contributed by atoms with Gasteiger partial charge in [0.15, 0.2) is 0 Å². The Morgan fingerprint density at radius 2 is 2.20 bits per heavy atom. The van der Waals surface area contributed by atoms with E-state index in [0.717, 1.165) is 0 Å². The molecule has 1 amide bonds. The van der Waals surface area contributed by atoms with Crippen LogP contribution in [0.4, 0.5) is 11.4 Å². The summed E-state index contributed by atoms with van der Waals surface area (Å²) >= 11 is 0. The Morgan fingerprint density at radius 1 is 1.55 bits per heavy atom. The van der Waals surface area contributed by atoms with Gasteiger partial charge in [0.05, 0.1) is 11.0 Å². The average molecular weight is 281 g/mol. The summed E-state index contributed by atoms with van der Waals surface area (Å²) in [7, 11) is 3.23. The van der Waals surface area contributed by atoms with Crippen LogP contribution in [-0.4, -0.2) is 36.6 Å². The second-order valence-electron chi connectivity index (χ2n) is 4.53. The molecule has 0 aromatic heterocycles. The molecule has 0 saturated heterocycles. The number of aliphatic hydroxyl groups is 1. The molecule has 1 atom stereocenters. The van der Waals surface area contributed by atoms with Crippen LogP contribution in [0.2, 0.25) is 0 Å². The third-order valence-electron chi connectivity index (χ3n) is 3.04. The molecule has 1 aromatic carbocycles. The van der Waals surface area contributed by atoms with E-state index in [1.165, 1.54) is 6.07 Å². The van der Waals surface area contributed by atoms with Crippen LogP contribution >= 0.6 is 0 Å². The van der Waals surface area contributed by atoms with Gasteiger partial charge in [-0.1, -0.05) is 6.07 Å². The molecule has 1 aromatic rings. The molecule has 0 unspecified atom stereocenters. The number of amides is 1. The summed E-state index contributed by atoms with van der Waals surface area (Å²) in [5, 5.41) is 23.1. The molecule has 0 bridgehead atoms. The fourth-order valence-electron chi connectivity index (χ4n) is 1.78. The van der Waals surface area contributed by atoms with E-state index in [4.69, 9.17) is 0 Å². The first-order valence-corrected chi connectivity index (χ1v) is 6.25. The number of hydrogen-bond acceptors (Lipinski definition) is 5. The number of rotatable bonds is 6. The minimum atomic E-state index is -0.765. The van der Waals surface area contributed by atoms with Gasteiger partial charge in [-0.25, -0.2) is 0 Å². The lowest BCUT2D eigenvalue weighted by atomic mass is 10.1. The lowest BCUT2D eigenvalue weighted by molar-refractivity contribution is -0.384. The zero-order chi connectivity index (χ0) is 15.3. The first-order valence-electron chi connectivity index (χ1n) is 6.25. The van der Waals surface area contributed by atoms with Crippen molar-refractivity contribution >= 4 is 17.3 Å². The fraction of sp³-hybridized carbons (Fsp3) is 0.462. The lowest BCUT2D eigenvalue weighted by Gasteiger charge is -2.19. The highest BCUT2D eigenvalue weighted by molar-refractivity contribution is 5.76. The number of anilines is 1. The van der Waals surface area contributed by atoms with Gasteiger partial charge in [0.2, 0.25) is 5.91 Å². The van der Waals surface area contributed by atoms with Crippen LogP contribution in [0, 0.1) is 10.1 Å². The van der Waals surface area contributed by atoms with Crippen LogP contribution in [0.1, 0.15) is 25.0 Å². The molecular weight excluding hydrogens is 262 g/mol. The highest BCUT2D eigenvalue weighted by Crippen LogP contribution is 2.30. The summed E-state index contributed by atoms with van der Waals surface area (Å²) in [6.45, 7) is 1.92. The van der Waals surface area contributed by atoms with E-state index in [1.807, 2.05) is 0 Å². The van der Waals surface area contributed by atoms with E-state index in [-0.39, 0.29) is 18.0 Å². The smallest absolute Gasteiger partial charge is 0.292 e. The van der Waals surface area contributed by atoms with Gasteiger partial charge in [0, 0.05) is 33.1 Å². The number of nitro benzene ring substituents is 1. The molecule has 0 radical (unpaired) electrons. The Labute approximate surface area is 117 Å². The van der Waals surface area contributed by atoms with Crippen LogP contribution in [0.3, 0.4) is 0 Å². The van der Waals surface area contributed by atoms with Gasteiger partial charge in [0.1, 0.15) is 5.69 Å². The van der Waals surface area contributed by atoms with Gasteiger partial charge >= 0.3 is 0 Å². The molecule has 110 valence electrons. The van der Waals surface area contributed by atoms with E-state index in [0.29, 0.717) is 17.8 Å². The Kier molecular flexibility index (Phi) is 5.45. The third-order valence-corrected chi connectivity index (χ3v) is 3.04. The maximum atomic E-state index is 11.2. The third kappa shape index (κ3) is 3.92. The van der Waals surface area contributed by atoms with Crippen molar-refractivity contribution in [3.05, 3.63) is 33.9 Å². The highest BCUT2D eigenvalue weighted by atomic mass is 16.6. The van der Waals surface area contributed by atoms with E-state index in [2.05, 4.69) is 5.32 Å². The van der Waals surface area contributed by atoms with Crippen molar-refractivity contribution in [1.82, 2.24) is 5.32 Å². The molecule has 2 N–H and O–H groups in total. The standard InChI is InChI=1S/C13H19N3O4/c1-9(17)10-4-5-11(12(8-10)16(19)20)15(3)7-6-13(18)14-2/h4-5,8-9,17H,6-7H2,1-3H3,(H,14,18)/t9-/m1/s1. The van der Waals surface area contributed by atoms with Gasteiger partial charge in [-0.05, 0) is 18.6 Å². The largest absolute Gasteiger partial charge is 0.389 e. The predicted octanol–water partition coefficient (Wildman–Crippen LogP) is 1.22. The van der Waals surface area contributed by atoms with Crippen molar-refractivity contribution in [2.24, 2.45) is 0 Å². The molecule has 0 heterocycles. The second-order valence-corrected chi connectivity index (χ2v) is 4.53. The minimum Gasteiger partial charge on any atom is -0.389 e. The van der Waals surface area contributed by atoms with Crippen LogP contribution in [0.15, 0.2) is 18.2 Å². The minimum absolute atomic E-state index is 0.0807. The molecule has 1 rings (SSSR count). The number of nitro groups is 1. The molecule has 0 aliphatic carbocycles. The number of carbonyl (C=O) groups is 1. The van der Waals surface area contributed by atoms with Crippen molar-refractivity contribution in [1.29, 1.82) is 0 Å². The lowest BCUT2D eigenvalue weighted by Crippen LogP contribution is -2.26. The van der Waals surface area contributed by atoms with Crippen molar-refractivity contribution in [2.75, 3.05) is 25.5 Å². The van der Waals surface area contributed by atoms with Gasteiger partial charge in [-0.15, -0.1) is 0 Å². The topological polar surface area (TPSA) is 95.7 Å². The molecule has 0 aliphatic rings. The van der Waals surface area contributed by atoms with Crippen LogP contribution in [0.25, 0.3) is 0 Å². The Morgan fingerprint density at radius 3 is 2.70 bits per heavy atom. The number of hydrogen-bond donors (Lipinski definition) is 2. The molecule has 7 nitrogen and oxygen atoms in total.